The van der Waals surface area contributed by atoms with Crippen LogP contribution < -0.4 is 15.0 Å². The third-order valence-corrected chi connectivity index (χ3v) is 4.52. The second-order valence-electron chi connectivity index (χ2n) is 6.27. The van der Waals surface area contributed by atoms with E-state index in [2.05, 4.69) is 15.0 Å². The van der Waals surface area contributed by atoms with E-state index < -0.39 is 0 Å². The molecule has 0 aliphatic carbocycles. The Morgan fingerprint density at radius 3 is 2.55 bits per heavy atom. The molecular formula is C21H20N4O4. The van der Waals surface area contributed by atoms with E-state index in [1.54, 1.807) is 26.5 Å². The number of nitrogens with one attached hydrogen (secondary N) is 1. The van der Waals surface area contributed by atoms with Gasteiger partial charge in [-0.1, -0.05) is 12.1 Å². The predicted molar refractivity (Wildman–Crippen MR) is 109 cm³/mol. The summed E-state index contributed by atoms with van der Waals surface area (Å²) < 4.78 is 17.6. The monoisotopic (exact) mass is 392 g/mol. The van der Waals surface area contributed by atoms with Crippen molar-refractivity contribution in [3.8, 4) is 28.4 Å². The highest BCUT2D eigenvalue weighted by Crippen LogP contribution is 2.30. The van der Waals surface area contributed by atoms with Crippen molar-refractivity contribution in [1.82, 2.24) is 19.5 Å². The summed E-state index contributed by atoms with van der Waals surface area (Å²) in [5.74, 6) is 1.25. The Morgan fingerprint density at radius 1 is 1.03 bits per heavy atom. The maximum Gasteiger partial charge on any atom is 0.260 e. The number of nitrogens with zero attached hydrogens (tertiary/aromatic N) is 3. The smallest absolute Gasteiger partial charge is 0.260 e. The molecule has 0 aliphatic heterocycles. The SMILES string of the molecule is COCCOc1ccc(-c2cn(-c3ccc(OC)nc3)c3nc[nH]c(=O)c23)cc1. The Labute approximate surface area is 166 Å². The molecule has 1 N–H and O–H groups in total. The number of pyridine rings is 1. The number of H-pyrrole nitrogens is 1. The fourth-order valence-electron chi connectivity index (χ4n) is 3.10. The van der Waals surface area contributed by atoms with Gasteiger partial charge in [-0.2, -0.15) is 0 Å². The van der Waals surface area contributed by atoms with Crippen LogP contribution in [0.25, 0.3) is 27.8 Å². The molecule has 0 atom stereocenters. The summed E-state index contributed by atoms with van der Waals surface area (Å²) in [6, 6.07) is 11.2. The lowest BCUT2D eigenvalue weighted by molar-refractivity contribution is 0.146. The summed E-state index contributed by atoms with van der Waals surface area (Å²) in [5, 5.41) is 0.511. The molecule has 0 bridgehead atoms. The molecule has 3 heterocycles. The fourth-order valence-corrected chi connectivity index (χ4v) is 3.10. The van der Waals surface area contributed by atoms with Gasteiger partial charge in [0.15, 0.2) is 5.65 Å². The molecule has 0 amide bonds. The Kier molecular flexibility index (Phi) is 5.26. The number of rotatable bonds is 7. The van der Waals surface area contributed by atoms with Crippen molar-refractivity contribution < 1.29 is 14.2 Å². The Bertz CT molecular complexity index is 1160. The molecule has 4 aromatic rings. The normalized spacial score (nSPS) is 11.0. The standard InChI is InChI=1S/C21H20N4O4/c1-27-9-10-29-16-6-3-14(4-7-16)17-12-25(15-5-8-18(28-2)22-11-15)20-19(17)21(26)24-13-23-20/h3-8,11-13H,9-10H2,1-2H3,(H,23,24,26). The van der Waals surface area contributed by atoms with Crippen LogP contribution in [-0.2, 0) is 4.74 Å². The number of aromatic amines is 1. The van der Waals surface area contributed by atoms with Crippen LogP contribution in [0.5, 0.6) is 11.6 Å². The van der Waals surface area contributed by atoms with Crippen LogP contribution in [0, 0.1) is 0 Å². The first-order valence-electron chi connectivity index (χ1n) is 9.02. The molecule has 4 rings (SSSR count). The largest absolute Gasteiger partial charge is 0.491 e. The first-order chi connectivity index (χ1) is 14.2. The van der Waals surface area contributed by atoms with Gasteiger partial charge >= 0.3 is 0 Å². The number of fused-ring (bicyclic) bond motifs is 1. The van der Waals surface area contributed by atoms with E-state index in [0.29, 0.717) is 30.1 Å². The maximum atomic E-state index is 12.6. The zero-order chi connectivity index (χ0) is 20.2. The average molecular weight is 392 g/mol. The molecular weight excluding hydrogens is 372 g/mol. The molecule has 0 spiro atoms. The summed E-state index contributed by atoms with van der Waals surface area (Å²) in [4.78, 5) is 23.9. The molecule has 0 saturated heterocycles. The van der Waals surface area contributed by atoms with Crippen LogP contribution in [0.15, 0.2) is 59.9 Å². The Morgan fingerprint density at radius 2 is 1.86 bits per heavy atom. The lowest BCUT2D eigenvalue weighted by Gasteiger charge is -2.06. The Balaban J connectivity index is 1.77. The molecule has 8 nitrogen and oxygen atoms in total. The Hall–Kier alpha value is -3.65. The van der Waals surface area contributed by atoms with Crippen molar-refractivity contribution in [1.29, 1.82) is 0 Å². The van der Waals surface area contributed by atoms with Gasteiger partial charge in [-0.3, -0.25) is 9.36 Å². The summed E-state index contributed by atoms with van der Waals surface area (Å²) in [6.45, 7) is 0.995. The minimum absolute atomic E-state index is 0.203. The van der Waals surface area contributed by atoms with Crippen molar-refractivity contribution in [3.05, 3.63) is 65.5 Å². The average Bonchev–Trinajstić information content (AvgIpc) is 3.15. The van der Waals surface area contributed by atoms with Gasteiger partial charge in [0.05, 0.1) is 37.3 Å². The second-order valence-corrected chi connectivity index (χ2v) is 6.27. The molecule has 0 radical (unpaired) electrons. The van der Waals surface area contributed by atoms with Crippen LogP contribution in [-0.4, -0.2) is 47.0 Å². The first kappa shape index (κ1) is 18.7. The van der Waals surface area contributed by atoms with E-state index >= 15 is 0 Å². The highest BCUT2D eigenvalue weighted by Gasteiger charge is 2.16. The van der Waals surface area contributed by atoms with E-state index in [0.717, 1.165) is 22.6 Å². The lowest BCUT2D eigenvalue weighted by atomic mass is 10.1. The molecule has 1 aromatic carbocycles. The molecule has 29 heavy (non-hydrogen) atoms. The van der Waals surface area contributed by atoms with Crippen molar-refractivity contribution >= 4 is 11.0 Å². The second kappa shape index (κ2) is 8.15. The predicted octanol–water partition coefficient (Wildman–Crippen LogP) is 2.81. The maximum absolute atomic E-state index is 12.6. The van der Waals surface area contributed by atoms with Gasteiger partial charge < -0.3 is 19.2 Å². The van der Waals surface area contributed by atoms with Crippen molar-refractivity contribution in [3.63, 3.8) is 0 Å². The summed E-state index contributed by atoms with van der Waals surface area (Å²) in [6.07, 6.45) is 4.96. The zero-order valence-electron chi connectivity index (χ0n) is 16.1. The summed E-state index contributed by atoms with van der Waals surface area (Å²) in [5.41, 5.74) is 2.78. The number of aromatic nitrogens is 4. The molecule has 0 unspecified atom stereocenters. The van der Waals surface area contributed by atoms with E-state index in [4.69, 9.17) is 14.2 Å². The minimum atomic E-state index is -0.203. The van der Waals surface area contributed by atoms with E-state index in [-0.39, 0.29) is 5.56 Å². The van der Waals surface area contributed by atoms with Gasteiger partial charge in [0.2, 0.25) is 5.88 Å². The molecule has 148 valence electrons. The first-order valence-corrected chi connectivity index (χ1v) is 9.02. The summed E-state index contributed by atoms with van der Waals surface area (Å²) >= 11 is 0. The lowest BCUT2D eigenvalue weighted by Crippen LogP contribution is -2.07. The molecule has 8 heteroatoms. The zero-order valence-corrected chi connectivity index (χ0v) is 16.1. The molecule has 0 fully saturated rings. The number of hydrogen-bond donors (Lipinski definition) is 1. The van der Waals surface area contributed by atoms with Crippen LogP contribution >= 0.6 is 0 Å². The van der Waals surface area contributed by atoms with Gasteiger partial charge in [-0.15, -0.1) is 0 Å². The number of methoxy groups -OCH3 is 2. The number of ether oxygens (including phenoxy) is 3. The minimum Gasteiger partial charge on any atom is -0.491 e. The van der Waals surface area contributed by atoms with E-state index in [1.165, 1.54) is 6.33 Å². The third kappa shape index (κ3) is 3.70. The number of benzene rings is 1. The molecule has 3 aromatic heterocycles. The van der Waals surface area contributed by atoms with E-state index in [1.807, 2.05) is 41.1 Å². The number of hydrogen-bond acceptors (Lipinski definition) is 6. The highest BCUT2D eigenvalue weighted by molar-refractivity contribution is 5.94. The van der Waals surface area contributed by atoms with Crippen LogP contribution in [0.2, 0.25) is 0 Å². The fraction of sp³-hybridized carbons (Fsp3) is 0.190. The van der Waals surface area contributed by atoms with Gasteiger partial charge in [-0.25, -0.2) is 9.97 Å². The van der Waals surface area contributed by atoms with Crippen LogP contribution in [0.1, 0.15) is 0 Å². The van der Waals surface area contributed by atoms with Crippen molar-refractivity contribution in [2.75, 3.05) is 27.4 Å². The molecule has 0 aliphatic rings. The van der Waals surface area contributed by atoms with Gasteiger partial charge in [0, 0.05) is 24.9 Å². The van der Waals surface area contributed by atoms with Gasteiger partial charge in [0.1, 0.15) is 12.4 Å². The summed E-state index contributed by atoms with van der Waals surface area (Å²) in [7, 11) is 3.20. The van der Waals surface area contributed by atoms with Crippen molar-refractivity contribution in [2.24, 2.45) is 0 Å². The van der Waals surface area contributed by atoms with Gasteiger partial charge in [0.25, 0.3) is 5.56 Å². The third-order valence-electron chi connectivity index (χ3n) is 4.52. The van der Waals surface area contributed by atoms with Crippen molar-refractivity contribution in [2.45, 2.75) is 0 Å². The van der Waals surface area contributed by atoms with Gasteiger partial charge in [-0.05, 0) is 23.8 Å². The quantitative estimate of drug-likeness (QED) is 0.486. The molecule has 0 saturated carbocycles. The highest BCUT2D eigenvalue weighted by atomic mass is 16.5. The topological polar surface area (TPSA) is 91.3 Å². The van der Waals surface area contributed by atoms with Crippen LogP contribution in [0.3, 0.4) is 0 Å². The van der Waals surface area contributed by atoms with E-state index in [9.17, 15) is 4.79 Å². The van der Waals surface area contributed by atoms with Crippen LogP contribution in [0.4, 0.5) is 0 Å².